The minimum atomic E-state index is -1.08. The number of hydrogen-bond donors (Lipinski definition) is 2. The molecule has 0 fully saturated rings. The summed E-state index contributed by atoms with van der Waals surface area (Å²) in [5.74, 6) is 1.63. The SMILES string of the molecule is C#Cc1ccccc1C(C(=O)Nc1c(C)cccc1Cl)N(C(=O)CNC(=O)OC(C)(C)C)C(C)C. The van der Waals surface area contributed by atoms with Crippen LogP contribution in [0.5, 0.6) is 0 Å². The van der Waals surface area contributed by atoms with Crippen molar-refractivity contribution in [3.8, 4) is 12.3 Å². The first kappa shape index (κ1) is 27.7. The Kier molecular flexibility index (Phi) is 9.32. The van der Waals surface area contributed by atoms with Gasteiger partial charge in [-0.1, -0.05) is 47.9 Å². The smallest absolute Gasteiger partial charge is 0.408 e. The number of anilines is 1. The predicted molar refractivity (Wildman–Crippen MR) is 138 cm³/mol. The number of rotatable bonds is 7. The minimum absolute atomic E-state index is 0.361. The van der Waals surface area contributed by atoms with Crippen LogP contribution in [0.2, 0.25) is 5.02 Å². The number of nitrogens with zero attached hydrogens (tertiary/aromatic N) is 1. The zero-order valence-corrected chi connectivity index (χ0v) is 21.7. The molecule has 3 amide bonds. The average molecular weight is 498 g/mol. The summed E-state index contributed by atoms with van der Waals surface area (Å²) >= 11 is 6.34. The molecule has 0 saturated carbocycles. The van der Waals surface area contributed by atoms with Crippen molar-refractivity contribution < 1.29 is 19.1 Å². The normalized spacial score (nSPS) is 11.9. The molecule has 0 radical (unpaired) electrons. The molecule has 2 rings (SSSR count). The molecule has 7 nitrogen and oxygen atoms in total. The Morgan fingerprint density at radius 2 is 1.77 bits per heavy atom. The van der Waals surface area contributed by atoms with Gasteiger partial charge in [-0.05, 0) is 64.8 Å². The van der Waals surface area contributed by atoms with Gasteiger partial charge in [-0.15, -0.1) is 6.42 Å². The molecule has 0 aliphatic heterocycles. The van der Waals surface area contributed by atoms with Gasteiger partial charge in [-0.25, -0.2) is 4.79 Å². The fourth-order valence-electron chi connectivity index (χ4n) is 3.55. The highest BCUT2D eigenvalue weighted by atomic mass is 35.5. The van der Waals surface area contributed by atoms with Crippen molar-refractivity contribution in [3.05, 3.63) is 64.2 Å². The molecular formula is C27H32ClN3O4. The fourth-order valence-corrected chi connectivity index (χ4v) is 3.82. The van der Waals surface area contributed by atoms with E-state index in [-0.39, 0.29) is 6.54 Å². The maximum Gasteiger partial charge on any atom is 0.408 e. The molecule has 0 spiro atoms. The number of ether oxygens (including phenoxy) is 1. The Balaban J connectivity index is 2.46. The molecule has 0 aliphatic carbocycles. The van der Waals surface area contributed by atoms with Crippen molar-refractivity contribution in [1.29, 1.82) is 0 Å². The van der Waals surface area contributed by atoms with Gasteiger partial charge in [0, 0.05) is 11.6 Å². The largest absolute Gasteiger partial charge is 0.444 e. The third-order valence-corrected chi connectivity index (χ3v) is 5.35. The van der Waals surface area contributed by atoms with E-state index in [1.165, 1.54) is 4.90 Å². The van der Waals surface area contributed by atoms with Gasteiger partial charge in [0.25, 0.3) is 5.91 Å². The molecule has 1 atom stereocenters. The van der Waals surface area contributed by atoms with Crippen LogP contribution in [0.25, 0.3) is 0 Å². The number of amides is 3. The summed E-state index contributed by atoms with van der Waals surface area (Å²) in [6.07, 6.45) is 4.99. The molecule has 35 heavy (non-hydrogen) atoms. The van der Waals surface area contributed by atoms with Crippen molar-refractivity contribution in [2.24, 2.45) is 0 Å². The summed E-state index contributed by atoms with van der Waals surface area (Å²) in [5, 5.41) is 5.71. The fraction of sp³-hybridized carbons (Fsp3) is 0.370. The van der Waals surface area contributed by atoms with E-state index >= 15 is 0 Å². The van der Waals surface area contributed by atoms with Gasteiger partial charge in [0.1, 0.15) is 18.2 Å². The maximum atomic E-state index is 13.7. The minimum Gasteiger partial charge on any atom is -0.444 e. The summed E-state index contributed by atoms with van der Waals surface area (Å²) < 4.78 is 5.22. The lowest BCUT2D eigenvalue weighted by Crippen LogP contribution is -2.49. The highest BCUT2D eigenvalue weighted by Gasteiger charge is 2.35. The lowest BCUT2D eigenvalue weighted by Gasteiger charge is -2.35. The van der Waals surface area contributed by atoms with Gasteiger partial charge in [0.05, 0.1) is 10.7 Å². The average Bonchev–Trinajstić information content (AvgIpc) is 2.76. The Hall–Kier alpha value is -3.50. The van der Waals surface area contributed by atoms with Crippen LogP contribution >= 0.6 is 11.6 Å². The van der Waals surface area contributed by atoms with E-state index in [0.717, 1.165) is 5.56 Å². The molecule has 0 aromatic heterocycles. The molecule has 2 aromatic rings. The molecular weight excluding hydrogens is 466 g/mol. The predicted octanol–water partition coefficient (Wildman–Crippen LogP) is 5.07. The third-order valence-electron chi connectivity index (χ3n) is 5.03. The van der Waals surface area contributed by atoms with Gasteiger partial charge < -0.3 is 20.3 Å². The van der Waals surface area contributed by atoms with Crippen LogP contribution < -0.4 is 10.6 Å². The van der Waals surface area contributed by atoms with Crippen LogP contribution in [0.4, 0.5) is 10.5 Å². The summed E-state index contributed by atoms with van der Waals surface area (Å²) in [7, 11) is 0. The summed E-state index contributed by atoms with van der Waals surface area (Å²) in [6, 6.07) is 10.7. The summed E-state index contributed by atoms with van der Waals surface area (Å²) in [6.45, 7) is 10.2. The lowest BCUT2D eigenvalue weighted by molar-refractivity contribution is -0.140. The van der Waals surface area contributed by atoms with Crippen molar-refractivity contribution in [1.82, 2.24) is 10.2 Å². The molecule has 2 aromatic carbocycles. The molecule has 1 unspecified atom stereocenters. The Morgan fingerprint density at radius 1 is 1.11 bits per heavy atom. The van der Waals surface area contributed by atoms with Crippen LogP contribution in [0.3, 0.4) is 0 Å². The topological polar surface area (TPSA) is 87.7 Å². The Bertz CT molecular complexity index is 1110. The van der Waals surface area contributed by atoms with E-state index in [1.807, 2.05) is 13.0 Å². The molecule has 2 N–H and O–H groups in total. The number of halogens is 1. The number of nitrogens with one attached hydrogen (secondary N) is 2. The highest BCUT2D eigenvalue weighted by molar-refractivity contribution is 6.34. The van der Waals surface area contributed by atoms with Crippen LogP contribution in [-0.4, -0.2) is 41.0 Å². The zero-order valence-electron chi connectivity index (χ0n) is 20.9. The molecule has 0 bridgehead atoms. The zero-order chi connectivity index (χ0) is 26.3. The molecule has 0 aliphatic rings. The molecule has 8 heteroatoms. The second-order valence-electron chi connectivity index (χ2n) is 9.31. The number of carbonyl (C=O) groups excluding carboxylic acids is 3. The molecule has 0 heterocycles. The number of para-hydroxylation sites is 1. The van der Waals surface area contributed by atoms with Crippen LogP contribution in [-0.2, 0) is 14.3 Å². The van der Waals surface area contributed by atoms with E-state index in [9.17, 15) is 14.4 Å². The van der Waals surface area contributed by atoms with Crippen molar-refractivity contribution in [3.63, 3.8) is 0 Å². The molecule has 186 valence electrons. The quantitative estimate of drug-likeness (QED) is 0.523. The number of aryl methyl sites for hydroxylation is 1. The monoisotopic (exact) mass is 497 g/mol. The van der Waals surface area contributed by atoms with E-state index < -0.39 is 35.6 Å². The number of terminal acetylenes is 1. The number of carbonyl (C=O) groups is 3. The van der Waals surface area contributed by atoms with Crippen molar-refractivity contribution in [2.75, 3.05) is 11.9 Å². The van der Waals surface area contributed by atoms with Gasteiger partial charge in [-0.3, -0.25) is 9.59 Å². The van der Waals surface area contributed by atoms with E-state index in [4.69, 9.17) is 22.8 Å². The van der Waals surface area contributed by atoms with Crippen LogP contribution in [0.15, 0.2) is 42.5 Å². The van der Waals surface area contributed by atoms with Gasteiger partial charge in [0.15, 0.2) is 0 Å². The van der Waals surface area contributed by atoms with Crippen molar-refractivity contribution in [2.45, 2.75) is 59.2 Å². The van der Waals surface area contributed by atoms with Crippen LogP contribution in [0.1, 0.15) is 57.4 Å². The second-order valence-corrected chi connectivity index (χ2v) is 9.71. The summed E-state index contributed by atoms with van der Waals surface area (Å²) in [4.78, 5) is 40.6. The molecule has 0 saturated heterocycles. The first-order chi connectivity index (χ1) is 16.4. The van der Waals surface area contributed by atoms with E-state index in [0.29, 0.717) is 21.8 Å². The number of alkyl carbamates (subject to hydrolysis) is 1. The summed E-state index contributed by atoms with van der Waals surface area (Å²) in [5.41, 5.74) is 1.46. The van der Waals surface area contributed by atoms with Gasteiger partial charge in [-0.2, -0.15) is 0 Å². The first-order valence-corrected chi connectivity index (χ1v) is 11.6. The number of hydrogen-bond acceptors (Lipinski definition) is 4. The van der Waals surface area contributed by atoms with E-state index in [1.54, 1.807) is 71.0 Å². The second kappa shape index (κ2) is 11.8. The maximum absolute atomic E-state index is 13.7. The highest BCUT2D eigenvalue weighted by Crippen LogP contribution is 2.31. The lowest BCUT2D eigenvalue weighted by atomic mass is 9.97. The van der Waals surface area contributed by atoms with Gasteiger partial charge in [0.2, 0.25) is 5.91 Å². The standard InChI is InChI=1S/C27H32ClN3O4/c1-8-19-13-9-10-14-20(19)24(25(33)30-23-18(4)12-11-15-21(23)28)31(17(2)3)22(32)16-29-26(34)35-27(5,6)7/h1,9-15,17,24H,16H2,2-7H3,(H,29,34)(H,30,33). The third kappa shape index (κ3) is 7.49. The van der Waals surface area contributed by atoms with Crippen LogP contribution in [0, 0.1) is 19.3 Å². The Morgan fingerprint density at radius 3 is 2.34 bits per heavy atom. The number of benzene rings is 2. The van der Waals surface area contributed by atoms with E-state index in [2.05, 4.69) is 16.6 Å². The van der Waals surface area contributed by atoms with Gasteiger partial charge >= 0.3 is 6.09 Å². The Labute approximate surface area is 212 Å². The van der Waals surface area contributed by atoms with Crippen molar-refractivity contribution >= 4 is 35.2 Å². The first-order valence-electron chi connectivity index (χ1n) is 11.2.